The SMILES string of the molecule is C=C(C)C[C@H](NC(=O)c1cccc(O)c1)C(=O)OC. The third-order valence-corrected chi connectivity index (χ3v) is 2.45. The molecule has 0 aliphatic rings. The third-order valence-electron chi connectivity index (χ3n) is 2.45. The Balaban J connectivity index is 2.81. The van der Waals surface area contributed by atoms with Gasteiger partial charge < -0.3 is 15.2 Å². The van der Waals surface area contributed by atoms with Gasteiger partial charge in [0.15, 0.2) is 0 Å². The van der Waals surface area contributed by atoms with Gasteiger partial charge in [-0.1, -0.05) is 11.6 Å². The number of rotatable bonds is 5. The quantitative estimate of drug-likeness (QED) is 0.625. The summed E-state index contributed by atoms with van der Waals surface area (Å²) < 4.78 is 4.63. The second kappa shape index (κ2) is 6.58. The molecule has 0 aromatic heterocycles. The van der Waals surface area contributed by atoms with E-state index in [1.807, 2.05) is 0 Å². The fourth-order valence-electron chi connectivity index (χ4n) is 1.57. The van der Waals surface area contributed by atoms with Gasteiger partial charge in [0, 0.05) is 5.56 Å². The molecule has 0 spiro atoms. The summed E-state index contributed by atoms with van der Waals surface area (Å²) in [6.07, 6.45) is 0.303. The molecule has 0 heterocycles. The van der Waals surface area contributed by atoms with Crippen molar-refractivity contribution in [1.82, 2.24) is 5.32 Å². The lowest BCUT2D eigenvalue weighted by Crippen LogP contribution is -2.41. The van der Waals surface area contributed by atoms with Crippen molar-refractivity contribution >= 4 is 11.9 Å². The molecule has 5 nitrogen and oxygen atoms in total. The van der Waals surface area contributed by atoms with Crippen molar-refractivity contribution in [3.8, 4) is 5.75 Å². The second-order valence-electron chi connectivity index (χ2n) is 4.26. The molecular formula is C14H17NO4. The Hall–Kier alpha value is -2.30. The Morgan fingerprint density at radius 2 is 2.16 bits per heavy atom. The topological polar surface area (TPSA) is 75.6 Å². The van der Waals surface area contributed by atoms with Crippen LogP contribution >= 0.6 is 0 Å². The lowest BCUT2D eigenvalue weighted by molar-refractivity contribution is -0.142. The molecule has 0 fully saturated rings. The van der Waals surface area contributed by atoms with E-state index in [1.165, 1.54) is 19.2 Å². The van der Waals surface area contributed by atoms with E-state index < -0.39 is 17.9 Å². The maximum absolute atomic E-state index is 11.9. The molecular weight excluding hydrogens is 246 g/mol. The number of carbonyl (C=O) groups is 2. The number of ether oxygens (including phenoxy) is 1. The molecule has 0 unspecified atom stereocenters. The number of phenolic OH excluding ortho intramolecular Hbond substituents is 1. The van der Waals surface area contributed by atoms with Gasteiger partial charge in [-0.15, -0.1) is 6.58 Å². The Labute approximate surface area is 111 Å². The third kappa shape index (κ3) is 4.46. The van der Waals surface area contributed by atoms with Crippen molar-refractivity contribution in [2.75, 3.05) is 7.11 Å². The zero-order chi connectivity index (χ0) is 14.4. The van der Waals surface area contributed by atoms with Gasteiger partial charge in [-0.05, 0) is 31.5 Å². The Kier molecular flexibility index (Phi) is 5.11. The Morgan fingerprint density at radius 3 is 2.68 bits per heavy atom. The van der Waals surface area contributed by atoms with Crippen LogP contribution in [0.1, 0.15) is 23.7 Å². The molecule has 1 atom stereocenters. The minimum Gasteiger partial charge on any atom is -0.508 e. The Morgan fingerprint density at radius 1 is 1.47 bits per heavy atom. The predicted octanol–water partition coefficient (Wildman–Crippen LogP) is 1.63. The molecule has 5 heteroatoms. The minimum atomic E-state index is -0.780. The first-order valence-corrected chi connectivity index (χ1v) is 5.76. The predicted molar refractivity (Wildman–Crippen MR) is 70.8 cm³/mol. The molecule has 0 aliphatic heterocycles. The molecule has 0 saturated carbocycles. The van der Waals surface area contributed by atoms with E-state index in [9.17, 15) is 14.7 Å². The number of methoxy groups -OCH3 is 1. The summed E-state index contributed by atoms with van der Waals surface area (Å²) in [6, 6.07) is 5.10. The average molecular weight is 263 g/mol. The highest BCUT2D eigenvalue weighted by molar-refractivity contribution is 5.97. The number of carbonyl (C=O) groups excluding carboxylic acids is 2. The molecule has 0 bridgehead atoms. The number of hydrogen-bond donors (Lipinski definition) is 2. The molecule has 1 amide bonds. The molecule has 2 N–H and O–H groups in total. The van der Waals surface area contributed by atoms with Crippen molar-refractivity contribution in [2.45, 2.75) is 19.4 Å². The molecule has 102 valence electrons. The fraction of sp³-hybridized carbons (Fsp3) is 0.286. The molecule has 0 radical (unpaired) electrons. The van der Waals surface area contributed by atoms with E-state index in [-0.39, 0.29) is 11.3 Å². The molecule has 1 aromatic rings. The number of hydrogen-bond acceptors (Lipinski definition) is 4. The smallest absolute Gasteiger partial charge is 0.328 e. The van der Waals surface area contributed by atoms with Crippen LogP contribution in [0.2, 0.25) is 0 Å². The summed E-state index contributed by atoms with van der Waals surface area (Å²) in [4.78, 5) is 23.5. The maximum Gasteiger partial charge on any atom is 0.328 e. The largest absolute Gasteiger partial charge is 0.508 e. The summed E-state index contributed by atoms with van der Waals surface area (Å²) in [6.45, 7) is 5.47. The van der Waals surface area contributed by atoms with Crippen molar-refractivity contribution < 1.29 is 19.4 Å². The van der Waals surface area contributed by atoms with Gasteiger partial charge in [0.25, 0.3) is 5.91 Å². The fourth-order valence-corrected chi connectivity index (χ4v) is 1.57. The van der Waals surface area contributed by atoms with Crippen molar-refractivity contribution in [3.05, 3.63) is 42.0 Å². The van der Waals surface area contributed by atoms with Crippen LogP contribution in [0.15, 0.2) is 36.4 Å². The van der Waals surface area contributed by atoms with Crippen LogP contribution < -0.4 is 5.32 Å². The minimum absolute atomic E-state index is 0.0119. The van der Waals surface area contributed by atoms with E-state index in [0.29, 0.717) is 6.42 Å². The number of phenols is 1. The van der Waals surface area contributed by atoms with Gasteiger partial charge in [0.2, 0.25) is 0 Å². The zero-order valence-corrected chi connectivity index (χ0v) is 11.0. The van der Waals surface area contributed by atoms with Crippen LogP contribution in [0.5, 0.6) is 5.75 Å². The monoisotopic (exact) mass is 263 g/mol. The van der Waals surface area contributed by atoms with Gasteiger partial charge in [0.05, 0.1) is 7.11 Å². The molecule has 0 saturated heterocycles. The van der Waals surface area contributed by atoms with Crippen molar-refractivity contribution in [3.63, 3.8) is 0 Å². The van der Waals surface area contributed by atoms with Gasteiger partial charge in [0.1, 0.15) is 11.8 Å². The second-order valence-corrected chi connectivity index (χ2v) is 4.26. The van der Waals surface area contributed by atoms with Crippen LogP contribution in [0.3, 0.4) is 0 Å². The molecule has 1 aromatic carbocycles. The first kappa shape index (κ1) is 14.8. The number of aromatic hydroxyl groups is 1. The van der Waals surface area contributed by atoms with Crippen LogP contribution in [0, 0.1) is 0 Å². The lowest BCUT2D eigenvalue weighted by atomic mass is 10.1. The Bertz CT molecular complexity index is 496. The van der Waals surface area contributed by atoms with Crippen LogP contribution in [0.4, 0.5) is 0 Å². The number of esters is 1. The van der Waals surface area contributed by atoms with Crippen LogP contribution in [-0.2, 0) is 9.53 Å². The molecule has 1 rings (SSSR count). The average Bonchev–Trinajstić information content (AvgIpc) is 2.36. The molecule has 19 heavy (non-hydrogen) atoms. The van der Waals surface area contributed by atoms with Crippen LogP contribution in [-0.4, -0.2) is 30.1 Å². The van der Waals surface area contributed by atoms with Gasteiger partial charge in [-0.2, -0.15) is 0 Å². The van der Waals surface area contributed by atoms with E-state index in [1.54, 1.807) is 19.1 Å². The summed E-state index contributed by atoms with van der Waals surface area (Å²) in [5.74, 6) is -0.994. The summed E-state index contributed by atoms with van der Waals surface area (Å²) in [5, 5.41) is 11.9. The van der Waals surface area contributed by atoms with E-state index >= 15 is 0 Å². The maximum atomic E-state index is 11.9. The van der Waals surface area contributed by atoms with Gasteiger partial charge in [-0.25, -0.2) is 4.79 Å². The lowest BCUT2D eigenvalue weighted by Gasteiger charge is -2.16. The standard InChI is InChI=1S/C14H17NO4/c1-9(2)7-12(14(18)19-3)15-13(17)10-5-4-6-11(16)8-10/h4-6,8,12,16H,1,7H2,2-3H3,(H,15,17)/t12-/m0/s1. The first-order valence-electron chi connectivity index (χ1n) is 5.76. The van der Waals surface area contributed by atoms with Crippen molar-refractivity contribution in [1.29, 1.82) is 0 Å². The number of nitrogens with one attached hydrogen (secondary N) is 1. The number of amides is 1. The highest BCUT2D eigenvalue weighted by atomic mass is 16.5. The molecule has 0 aliphatic carbocycles. The van der Waals surface area contributed by atoms with Crippen LogP contribution in [0.25, 0.3) is 0 Å². The highest BCUT2D eigenvalue weighted by Gasteiger charge is 2.22. The van der Waals surface area contributed by atoms with E-state index in [4.69, 9.17) is 0 Å². The number of benzene rings is 1. The van der Waals surface area contributed by atoms with Gasteiger partial charge >= 0.3 is 5.97 Å². The normalized spacial score (nSPS) is 11.5. The highest BCUT2D eigenvalue weighted by Crippen LogP contribution is 2.12. The zero-order valence-electron chi connectivity index (χ0n) is 11.0. The van der Waals surface area contributed by atoms with E-state index in [0.717, 1.165) is 5.57 Å². The summed E-state index contributed by atoms with van der Waals surface area (Å²) in [5.41, 5.74) is 1.03. The van der Waals surface area contributed by atoms with Gasteiger partial charge in [-0.3, -0.25) is 4.79 Å². The summed E-state index contributed by atoms with van der Waals surface area (Å²) >= 11 is 0. The first-order chi connectivity index (χ1) is 8.93. The summed E-state index contributed by atoms with van der Waals surface area (Å²) in [7, 11) is 1.26. The van der Waals surface area contributed by atoms with Crippen molar-refractivity contribution in [2.24, 2.45) is 0 Å². The van der Waals surface area contributed by atoms with E-state index in [2.05, 4.69) is 16.6 Å².